The number of nitrogens with zero attached hydrogens (tertiary/aromatic N) is 1. The van der Waals surface area contributed by atoms with Gasteiger partial charge in [0, 0.05) is 16.3 Å². The van der Waals surface area contributed by atoms with Crippen molar-refractivity contribution in [1.82, 2.24) is 5.32 Å². The molecule has 1 aliphatic heterocycles. The number of rotatable bonds is 2. The summed E-state index contributed by atoms with van der Waals surface area (Å²) in [5, 5.41) is 3.53. The Bertz CT molecular complexity index is 546. The smallest absolute Gasteiger partial charge is 0.193 e. The van der Waals surface area contributed by atoms with Gasteiger partial charge in [-0.05, 0) is 31.5 Å². The molecule has 18 heavy (non-hydrogen) atoms. The van der Waals surface area contributed by atoms with Gasteiger partial charge in [-0.15, -0.1) is 0 Å². The van der Waals surface area contributed by atoms with Crippen molar-refractivity contribution in [3.05, 3.63) is 46.1 Å². The third-order valence-corrected chi connectivity index (χ3v) is 3.08. The van der Waals surface area contributed by atoms with E-state index in [-0.39, 0.29) is 11.8 Å². The third kappa shape index (κ3) is 2.38. The van der Waals surface area contributed by atoms with Crippen LogP contribution in [0.3, 0.4) is 0 Å². The lowest BCUT2D eigenvalue weighted by Crippen LogP contribution is -2.36. The summed E-state index contributed by atoms with van der Waals surface area (Å²) in [6.45, 7) is 3.35. The summed E-state index contributed by atoms with van der Waals surface area (Å²) >= 11 is 5.86. The van der Waals surface area contributed by atoms with Crippen molar-refractivity contribution in [2.24, 2.45) is 10.7 Å². The zero-order valence-electron chi connectivity index (χ0n) is 10.2. The SMILES string of the molecule is CC(=O)C1=C(C)NC(N)=NC1c1ccc(Cl)cc1. The average molecular weight is 264 g/mol. The molecule has 94 valence electrons. The third-order valence-electron chi connectivity index (χ3n) is 2.83. The van der Waals surface area contributed by atoms with Gasteiger partial charge in [-0.3, -0.25) is 4.79 Å². The maximum atomic E-state index is 11.7. The number of allylic oxidation sites excluding steroid dienone is 1. The molecule has 1 aliphatic rings. The van der Waals surface area contributed by atoms with Crippen LogP contribution in [0.5, 0.6) is 0 Å². The molecule has 1 heterocycles. The van der Waals surface area contributed by atoms with Crippen molar-refractivity contribution in [2.75, 3.05) is 0 Å². The molecule has 0 spiro atoms. The van der Waals surface area contributed by atoms with E-state index in [1.54, 1.807) is 12.1 Å². The second-order valence-electron chi connectivity index (χ2n) is 4.19. The largest absolute Gasteiger partial charge is 0.370 e. The second kappa shape index (κ2) is 4.82. The number of aliphatic imine (C=N–C) groups is 1. The molecule has 1 atom stereocenters. The van der Waals surface area contributed by atoms with Crippen LogP contribution in [0.1, 0.15) is 25.5 Å². The summed E-state index contributed by atoms with van der Waals surface area (Å²) in [6, 6.07) is 6.90. The van der Waals surface area contributed by atoms with Gasteiger partial charge < -0.3 is 11.1 Å². The molecule has 0 amide bonds. The minimum atomic E-state index is -0.360. The molecule has 0 aromatic heterocycles. The highest BCUT2D eigenvalue weighted by molar-refractivity contribution is 6.30. The van der Waals surface area contributed by atoms with Gasteiger partial charge in [-0.2, -0.15) is 0 Å². The predicted molar refractivity (Wildman–Crippen MR) is 72.3 cm³/mol. The Hall–Kier alpha value is -1.81. The molecule has 0 aliphatic carbocycles. The molecule has 0 radical (unpaired) electrons. The fourth-order valence-corrected chi connectivity index (χ4v) is 2.17. The lowest BCUT2D eigenvalue weighted by Gasteiger charge is -2.24. The Kier molecular flexibility index (Phi) is 3.39. The van der Waals surface area contributed by atoms with Crippen LogP contribution < -0.4 is 11.1 Å². The molecule has 1 unspecified atom stereocenters. The Morgan fingerprint density at radius 3 is 2.56 bits per heavy atom. The first-order valence-corrected chi connectivity index (χ1v) is 5.94. The summed E-state index contributed by atoms with van der Waals surface area (Å²) in [5.74, 6) is 0.300. The average Bonchev–Trinajstić information content (AvgIpc) is 2.28. The van der Waals surface area contributed by atoms with Crippen molar-refractivity contribution in [1.29, 1.82) is 0 Å². The molecular weight excluding hydrogens is 250 g/mol. The Balaban J connectivity index is 2.48. The topological polar surface area (TPSA) is 67.5 Å². The van der Waals surface area contributed by atoms with E-state index in [9.17, 15) is 4.79 Å². The number of carbonyl (C=O) groups is 1. The van der Waals surface area contributed by atoms with Crippen molar-refractivity contribution >= 4 is 23.3 Å². The van der Waals surface area contributed by atoms with Crippen LogP contribution >= 0.6 is 11.6 Å². The number of hydrogen-bond donors (Lipinski definition) is 2. The molecule has 0 saturated heterocycles. The maximum absolute atomic E-state index is 11.7. The highest BCUT2D eigenvalue weighted by Crippen LogP contribution is 2.31. The summed E-state index contributed by atoms with van der Waals surface area (Å²) < 4.78 is 0. The Labute approximate surface area is 111 Å². The summed E-state index contributed by atoms with van der Waals surface area (Å²) in [6.07, 6.45) is 0. The van der Waals surface area contributed by atoms with E-state index < -0.39 is 0 Å². The highest BCUT2D eigenvalue weighted by atomic mass is 35.5. The van der Waals surface area contributed by atoms with Crippen LogP contribution in [0.2, 0.25) is 5.02 Å². The van der Waals surface area contributed by atoms with Crippen molar-refractivity contribution in [2.45, 2.75) is 19.9 Å². The summed E-state index contributed by atoms with van der Waals surface area (Å²) in [4.78, 5) is 16.0. The summed E-state index contributed by atoms with van der Waals surface area (Å²) in [5.41, 5.74) is 7.99. The first-order chi connectivity index (χ1) is 8.49. The van der Waals surface area contributed by atoms with Crippen molar-refractivity contribution in [3.8, 4) is 0 Å². The standard InChI is InChI=1S/C13H14ClN3O/c1-7-11(8(2)18)12(17-13(15)16-7)9-3-5-10(14)6-4-9/h3-6,12H,1-2H3,(H3,15,16,17). The van der Waals surface area contributed by atoms with E-state index in [1.165, 1.54) is 6.92 Å². The van der Waals surface area contributed by atoms with E-state index in [0.717, 1.165) is 11.3 Å². The summed E-state index contributed by atoms with van der Waals surface area (Å²) in [7, 11) is 0. The number of hydrogen-bond acceptors (Lipinski definition) is 4. The first kappa shape index (κ1) is 12.6. The van der Waals surface area contributed by atoms with Gasteiger partial charge in [-0.1, -0.05) is 23.7 Å². The molecule has 0 saturated carbocycles. The molecule has 3 N–H and O–H groups in total. The van der Waals surface area contributed by atoms with E-state index in [2.05, 4.69) is 10.3 Å². The van der Waals surface area contributed by atoms with Crippen LogP contribution in [0.15, 0.2) is 40.5 Å². The van der Waals surface area contributed by atoms with Gasteiger partial charge in [0.25, 0.3) is 0 Å². The van der Waals surface area contributed by atoms with E-state index >= 15 is 0 Å². The molecule has 1 aromatic rings. The Morgan fingerprint density at radius 2 is 2.00 bits per heavy atom. The quantitative estimate of drug-likeness (QED) is 0.859. The minimum absolute atomic E-state index is 0.0174. The lowest BCUT2D eigenvalue weighted by molar-refractivity contribution is -0.113. The Morgan fingerprint density at radius 1 is 1.39 bits per heavy atom. The van der Waals surface area contributed by atoms with Gasteiger partial charge >= 0.3 is 0 Å². The fourth-order valence-electron chi connectivity index (χ4n) is 2.04. The van der Waals surface area contributed by atoms with Crippen LogP contribution in [0, 0.1) is 0 Å². The number of nitrogens with one attached hydrogen (secondary N) is 1. The lowest BCUT2D eigenvalue weighted by atomic mass is 9.94. The van der Waals surface area contributed by atoms with Gasteiger partial charge in [0.1, 0.15) is 6.04 Å². The monoisotopic (exact) mass is 263 g/mol. The number of halogens is 1. The van der Waals surface area contributed by atoms with Gasteiger partial charge in [0.05, 0.1) is 0 Å². The molecule has 5 heteroatoms. The van der Waals surface area contributed by atoms with E-state index in [4.69, 9.17) is 17.3 Å². The second-order valence-corrected chi connectivity index (χ2v) is 4.62. The van der Waals surface area contributed by atoms with E-state index in [0.29, 0.717) is 16.6 Å². The van der Waals surface area contributed by atoms with Crippen LogP contribution in [0.4, 0.5) is 0 Å². The predicted octanol–water partition coefficient (Wildman–Crippen LogP) is 2.16. The highest BCUT2D eigenvalue weighted by Gasteiger charge is 2.25. The van der Waals surface area contributed by atoms with Gasteiger partial charge in [0.2, 0.25) is 0 Å². The fraction of sp³-hybridized carbons (Fsp3) is 0.231. The van der Waals surface area contributed by atoms with Crippen molar-refractivity contribution in [3.63, 3.8) is 0 Å². The number of ketones is 1. The van der Waals surface area contributed by atoms with E-state index in [1.807, 2.05) is 19.1 Å². The number of benzene rings is 1. The number of carbonyl (C=O) groups excluding carboxylic acids is 1. The maximum Gasteiger partial charge on any atom is 0.193 e. The van der Waals surface area contributed by atoms with Crippen molar-refractivity contribution < 1.29 is 4.79 Å². The number of Topliss-reactive ketones (excluding diaryl/α,β-unsaturated/α-hetero) is 1. The molecular formula is C13H14ClN3O. The van der Waals surface area contributed by atoms with Crippen LogP contribution in [-0.2, 0) is 4.79 Å². The van der Waals surface area contributed by atoms with Crippen LogP contribution in [-0.4, -0.2) is 11.7 Å². The van der Waals surface area contributed by atoms with Gasteiger partial charge in [0.15, 0.2) is 11.7 Å². The molecule has 1 aromatic carbocycles. The van der Waals surface area contributed by atoms with Crippen LogP contribution in [0.25, 0.3) is 0 Å². The zero-order chi connectivity index (χ0) is 13.3. The number of nitrogens with two attached hydrogens (primary N) is 1. The molecule has 4 nitrogen and oxygen atoms in total. The molecule has 2 rings (SSSR count). The minimum Gasteiger partial charge on any atom is -0.370 e. The normalized spacial score (nSPS) is 19.3. The number of guanidine groups is 1. The molecule has 0 fully saturated rings. The van der Waals surface area contributed by atoms with Gasteiger partial charge in [-0.25, -0.2) is 4.99 Å². The zero-order valence-corrected chi connectivity index (χ0v) is 11.0. The molecule has 0 bridgehead atoms. The first-order valence-electron chi connectivity index (χ1n) is 5.56.